The summed E-state index contributed by atoms with van der Waals surface area (Å²) in [6, 6.07) is 6.91. The van der Waals surface area contributed by atoms with Crippen LogP contribution in [0.1, 0.15) is 52.5 Å². The van der Waals surface area contributed by atoms with Crippen LogP contribution >= 0.6 is 0 Å². The van der Waals surface area contributed by atoms with Gasteiger partial charge in [0.2, 0.25) is 0 Å². The molecule has 2 aromatic carbocycles. The van der Waals surface area contributed by atoms with Crippen molar-refractivity contribution in [2.75, 3.05) is 5.32 Å². The predicted octanol–water partition coefficient (Wildman–Crippen LogP) is 6.12. The Morgan fingerprint density at radius 2 is 1.52 bits per heavy atom. The fraction of sp³-hybridized carbons (Fsp3) is 0.381. The molecule has 0 aromatic heterocycles. The number of halogens is 7. The highest BCUT2D eigenvalue weighted by Crippen LogP contribution is 2.53. The molecule has 1 atom stereocenters. The first-order chi connectivity index (χ1) is 14.1. The van der Waals surface area contributed by atoms with E-state index in [2.05, 4.69) is 5.32 Å². The normalized spacial score (nSPS) is 13.8. The maximum atomic E-state index is 14.4. The SMILES string of the molecule is CCc1cc(C(F)(C(F)(F)F)C(F)(F)F)cc(C)c1NC(=O)c1ccc(C(C)N)cc1. The number of hydrogen-bond donors (Lipinski definition) is 2. The number of carbonyl (C=O) groups is 1. The Morgan fingerprint density at radius 3 is 1.94 bits per heavy atom. The fourth-order valence-electron chi connectivity index (χ4n) is 3.13. The number of amides is 1. The largest absolute Gasteiger partial charge is 0.435 e. The second kappa shape index (κ2) is 8.49. The van der Waals surface area contributed by atoms with E-state index in [9.17, 15) is 35.5 Å². The van der Waals surface area contributed by atoms with Gasteiger partial charge in [0.25, 0.3) is 5.91 Å². The Balaban J connectivity index is 2.49. The van der Waals surface area contributed by atoms with Crippen LogP contribution in [0.5, 0.6) is 0 Å². The Kier molecular flexibility index (Phi) is 6.75. The van der Waals surface area contributed by atoms with E-state index in [-0.39, 0.29) is 34.8 Å². The van der Waals surface area contributed by atoms with Crippen molar-refractivity contribution in [2.24, 2.45) is 5.73 Å². The summed E-state index contributed by atoms with van der Waals surface area (Å²) in [5, 5.41) is 2.50. The highest BCUT2D eigenvalue weighted by Gasteiger charge is 2.73. The first-order valence-corrected chi connectivity index (χ1v) is 9.26. The van der Waals surface area contributed by atoms with Crippen molar-refractivity contribution >= 4 is 11.6 Å². The lowest BCUT2D eigenvalue weighted by atomic mass is 9.89. The molecule has 0 saturated heterocycles. The van der Waals surface area contributed by atoms with Crippen LogP contribution in [-0.2, 0) is 12.1 Å². The van der Waals surface area contributed by atoms with Crippen molar-refractivity contribution in [1.82, 2.24) is 0 Å². The number of rotatable bonds is 5. The molecule has 0 aliphatic carbocycles. The summed E-state index contributed by atoms with van der Waals surface area (Å²) in [4.78, 5) is 12.5. The summed E-state index contributed by atoms with van der Waals surface area (Å²) in [5.41, 5.74) is -0.571. The zero-order chi connectivity index (χ0) is 23.8. The maximum Gasteiger partial charge on any atom is 0.435 e. The highest BCUT2D eigenvalue weighted by atomic mass is 19.4. The molecule has 0 spiro atoms. The molecule has 2 aromatic rings. The van der Waals surface area contributed by atoms with E-state index in [1.54, 1.807) is 19.1 Å². The quantitative estimate of drug-likeness (QED) is 0.540. The van der Waals surface area contributed by atoms with Crippen LogP contribution in [0.15, 0.2) is 36.4 Å². The summed E-state index contributed by atoms with van der Waals surface area (Å²) < 4.78 is 93.1. The summed E-state index contributed by atoms with van der Waals surface area (Å²) in [7, 11) is 0. The average Bonchev–Trinajstić information content (AvgIpc) is 2.66. The lowest BCUT2D eigenvalue weighted by Gasteiger charge is -2.31. The van der Waals surface area contributed by atoms with Gasteiger partial charge in [-0.1, -0.05) is 25.1 Å². The van der Waals surface area contributed by atoms with E-state index in [1.165, 1.54) is 26.0 Å². The first kappa shape index (κ1) is 24.6. The van der Waals surface area contributed by atoms with Gasteiger partial charge >= 0.3 is 18.0 Å². The van der Waals surface area contributed by atoms with Crippen molar-refractivity contribution in [2.45, 2.75) is 51.3 Å². The number of alkyl halides is 7. The molecule has 10 heteroatoms. The summed E-state index contributed by atoms with van der Waals surface area (Å²) in [6.45, 7) is 4.41. The molecule has 3 nitrogen and oxygen atoms in total. The van der Waals surface area contributed by atoms with Gasteiger partial charge in [0, 0.05) is 22.9 Å². The molecule has 0 heterocycles. The molecule has 1 amide bonds. The van der Waals surface area contributed by atoms with Crippen molar-refractivity contribution in [3.8, 4) is 0 Å². The third kappa shape index (κ3) is 4.68. The highest BCUT2D eigenvalue weighted by molar-refractivity contribution is 6.05. The average molecular weight is 450 g/mol. The molecule has 0 fully saturated rings. The van der Waals surface area contributed by atoms with E-state index in [1.807, 2.05) is 0 Å². The van der Waals surface area contributed by atoms with E-state index in [0.717, 1.165) is 5.56 Å². The number of hydrogen-bond acceptors (Lipinski definition) is 2. The van der Waals surface area contributed by atoms with Crippen LogP contribution in [0.25, 0.3) is 0 Å². The molecule has 2 rings (SSSR count). The van der Waals surface area contributed by atoms with Gasteiger partial charge < -0.3 is 11.1 Å². The number of nitrogens with two attached hydrogens (primary N) is 1. The van der Waals surface area contributed by atoms with Crippen molar-refractivity contribution in [3.05, 3.63) is 64.2 Å². The standard InChI is InChI=1S/C21H21F7N2O/c1-4-13-10-16(19(22,20(23,24)25)21(26,27)28)9-11(2)17(13)30-18(31)15-7-5-14(6-8-15)12(3)29/h5-10,12H,4,29H2,1-3H3,(H,30,31). The molecule has 1 unspecified atom stereocenters. The Bertz CT molecular complexity index is 934. The third-order valence-corrected chi connectivity index (χ3v) is 4.91. The molecule has 31 heavy (non-hydrogen) atoms. The molecule has 170 valence electrons. The summed E-state index contributed by atoms with van der Waals surface area (Å²) in [6.07, 6.45) is -12.5. The van der Waals surface area contributed by atoms with Crippen LogP contribution in [0.4, 0.5) is 36.4 Å². The van der Waals surface area contributed by atoms with Gasteiger partial charge in [-0.3, -0.25) is 4.79 Å². The molecule has 0 bridgehead atoms. The number of carbonyl (C=O) groups excluding carboxylic acids is 1. The van der Waals surface area contributed by atoms with E-state index in [0.29, 0.717) is 12.1 Å². The zero-order valence-electron chi connectivity index (χ0n) is 16.9. The van der Waals surface area contributed by atoms with Crippen molar-refractivity contribution in [1.29, 1.82) is 0 Å². The molecule has 3 N–H and O–H groups in total. The lowest BCUT2D eigenvalue weighted by molar-refractivity contribution is -0.348. The van der Waals surface area contributed by atoms with Gasteiger partial charge in [0.1, 0.15) is 0 Å². The monoisotopic (exact) mass is 450 g/mol. The lowest BCUT2D eigenvalue weighted by Crippen LogP contribution is -2.50. The summed E-state index contributed by atoms with van der Waals surface area (Å²) in [5.74, 6) is -0.625. The smallest absolute Gasteiger partial charge is 0.324 e. The third-order valence-electron chi connectivity index (χ3n) is 4.91. The molecule has 0 radical (unpaired) electrons. The van der Waals surface area contributed by atoms with E-state index in [4.69, 9.17) is 5.73 Å². The van der Waals surface area contributed by atoms with Gasteiger partial charge in [0.15, 0.2) is 0 Å². The van der Waals surface area contributed by atoms with Crippen LogP contribution in [0, 0.1) is 6.92 Å². The second-order valence-corrected chi connectivity index (χ2v) is 7.20. The minimum absolute atomic E-state index is 0.0271. The van der Waals surface area contributed by atoms with Crippen molar-refractivity contribution < 1.29 is 35.5 Å². The topological polar surface area (TPSA) is 55.1 Å². The number of nitrogens with one attached hydrogen (secondary N) is 1. The minimum atomic E-state index is -6.21. The number of anilines is 1. The van der Waals surface area contributed by atoms with Crippen LogP contribution in [0.3, 0.4) is 0 Å². The van der Waals surface area contributed by atoms with Gasteiger partial charge in [0.05, 0.1) is 0 Å². The fourth-order valence-corrected chi connectivity index (χ4v) is 3.13. The molecule has 0 aliphatic heterocycles. The molecule has 0 saturated carbocycles. The Labute approximate surface area is 174 Å². The second-order valence-electron chi connectivity index (χ2n) is 7.20. The first-order valence-electron chi connectivity index (χ1n) is 9.26. The van der Waals surface area contributed by atoms with Crippen LogP contribution in [0.2, 0.25) is 0 Å². The maximum absolute atomic E-state index is 14.4. The predicted molar refractivity (Wildman–Crippen MR) is 102 cm³/mol. The number of benzene rings is 2. The summed E-state index contributed by atoms with van der Waals surface area (Å²) >= 11 is 0. The van der Waals surface area contributed by atoms with E-state index < -0.39 is 29.5 Å². The van der Waals surface area contributed by atoms with Gasteiger partial charge in [-0.15, -0.1) is 0 Å². The Morgan fingerprint density at radius 1 is 1.00 bits per heavy atom. The number of aryl methyl sites for hydroxylation is 2. The minimum Gasteiger partial charge on any atom is -0.324 e. The van der Waals surface area contributed by atoms with Gasteiger partial charge in [-0.2, -0.15) is 26.3 Å². The van der Waals surface area contributed by atoms with Crippen LogP contribution in [-0.4, -0.2) is 18.3 Å². The molecule has 0 aliphatic rings. The van der Waals surface area contributed by atoms with E-state index >= 15 is 0 Å². The van der Waals surface area contributed by atoms with Gasteiger partial charge in [-0.25, -0.2) is 4.39 Å². The Hall–Kier alpha value is -2.62. The molecular formula is C21H21F7N2O. The van der Waals surface area contributed by atoms with Gasteiger partial charge in [-0.05, 0) is 55.2 Å². The van der Waals surface area contributed by atoms with Crippen molar-refractivity contribution in [3.63, 3.8) is 0 Å². The van der Waals surface area contributed by atoms with Crippen LogP contribution < -0.4 is 11.1 Å². The zero-order valence-corrected chi connectivity index (χ0v) is 16.9. The molecular weight excluding hydrogens is 429 g/mol.